The van der Waals surface area contributed by atoms with E-state index in [9.17, 15) is 4.79 Å². The number of allylic oxidation sites excluding steroid dienone is 1. The number of nitrogens with zero attached hydrogens (tertiary/aromatic N) is 1. The summed E-state index contributed by atoms with van der Waals surface area (Å²) in [5.74, 6) is 1.60. The number of hydrogen-bond acceptors (Lipinski definition) is 4. The summed E-state index contributed by atoms with van der Waals surface area (Å²) in [6.45, 7) is 4.58. The van der Waals surface area contributed by atoms with E-state index in [0.29, 0.717) is 6.54 Å². The van der Waals surface area contributed by atoms with Gasteiger partial charge < -0.3 is 9.84 Å². The zero-order valence-corrected chi connectivity index (χ0v) is 16.3. The summed E-state index contributed by atoms with van der Waals surface area (Å²) in [7, 11) is 0. The first kappa shape index (κ1) is 18.8. The van der Waals surface area contributed by atoms with Gasteiger partial charge in [-0.25, -0.2) is 0 Å². The molecular weight excluding hydrogens is 344 g/mol. The van der Waals surface area contributed by atoms with Crippen LogP contribution < -0.4 is 5.32 Å². The van der Waals surface area contributed by atoms with Crippen LogP contribution in [0, 0.1) is 13.8 Å². The van der Waals surface area contributed by atoms with E-state index in [1.807, 2.05) is 38.1 Å². The standard InChI is InChI=1S/C21H26N2O2S/c1-15-19(16(2)25-23-15)14-26-20-11-7-6-10-18(20)21(24)22-13-12-17-8-4-3-5-9-17/h6-8,10-11H,3-5,9,12-14H2,1-2H3,(H,22,24). The summed E-state index contributed by atoms with van der Waals surface area (Å²) in [6, 6.07) is 7.78. The van der Waals surface area contributed by atoms with E-state index < -0.39 is 0 Å². The molecule has 0 saturated carbocycles. The van der Waals surface area contributed by atoms with Gasteiger partial charge in [-0.05, 0) is 58.1 Å². The summed E-state index contributed by atoms with van der Waals surface area (Å²) in [6.07, 6.45) is 8.24. The second-order valence-electron chi connectivity index (χ2n) is 6.70. The number of rotatable bonds is 7. The smallest absolute Gasteiger partial charge is 0.252 e. The molecule has 1 aromatic carbocycles. The first-order valence-corrected chi connectivity index (χ1v) is 10.2. The maximum Gasteiger partial charge on any atom is 0.252 e. The number of benzene rings is 1. The Kier molecular flexibility index (Phi) is 6.56. The van der Waals surface area contributed by atoms with Crippen molar-refractivity contribution in [3.8, 4) is 0 Å². The number of aromatic nitrogens is 1. The van der Waals surface area contributed by atoms with Crippen molar-refractivity contribution in [2.45, 2.75) is 56.6 Å². The third-order valence-corrected chi connectivity index (χ3v) is 5.90. The van der Waals surface area contributed by atoms with E-state index in [0.717, 1.165) is 39.7 Å². The molecule has 2 aromatic rings. The van der Waals surface area contributed by atoms with Gasteiger partial charge in [-0.1, -0.05) is 28.9 Å². The molecule has 1 aliphatic carbocycles. The van der Waals surface area contributed by atoms with Gasteiger partial charge >= 0.3 is 0 Å². The molecular formula is C21H26N2O2S. The van der Waals surface area contributed by atoms with Gasteiger partial charge in [-0.3, -0.25) is 4.79 Å². The van der Waals surface area contributed by atoms with Gasteiger partial charge in [-0.15, -0.1) is 11.8 Å². The van der Waals surface area contributed by atoms with Crippen LogP contribution in [0.5, 0.6) is 0 Å². The Labute approximate surface area is 159 Å². The van der Waals surface area contributed by atoms with E-state index in [1.54, 1.807) is 11.8 Å². The average molecular weight is 371 g/mol. The Balaban J connectivity index is 1.59. The van der Waals surface area contributed by atoms with Gasteiger partial charge in [0.15, 0.2) is 0 Å². The zero-order valence-electron chi connectivity index (χ0n) is 15.5. The van der Waals surface area contributed by atoms with Crippen LogP contribution in [0.3, 0.4) is 0 Å². The quantitative estimate of drug-likeness (QED) is 0.537. The van der Waals surface area contributed by atoms with Crippen molar-refractivity contribution < 1.29 is 9.32 Å². The molecule has 4 nitrogen and oxygen atoms in total. The molecule has 0 saturated heterocycles. The Morgan fingerprint density at radius 3 is 2.85 bits per heavy atom. The predicted octanol–water partition coefficient (Wildman–Crippen LogP) is 5.20. The summed E-state index contributed by atoms with van der Waals surface area (Å²) in [4.78, 5) is 13.6. The van der Waals surface area contributed by atoms with Crippen molar-refractivity contribution in [3.05, 3.63) is 58.5 Å². The molecule has 5 heteroatoms. The fourth-order valence-electron chi connectivity index (χ4n) is 3.20. The predicted molar refractivity (Wildman–Crippen MR) is 105 cm³/mol. The normalized spacial score (nSPS) is 14.2. The Morgan fingerprint density at radius 2 is 2.12 bits per heavy atom. The second kappa shape index (κ2) is 9.08. The molecule has 1 heterocycles. The highest BCUT2D eigenvalue weighted by molar-refractivity contribution is 7.98. The van der Waals surface area contributed by atoms with Crippen LogP contribution in [-0.4, -0.2) is 17.6 Å². The lowest BCUT2D eigenvalue weighted by molar-refractivity contribution is 0.0951. The molecule has 1 aromatic heterocycles. The number of aryl methyl sites for hydroxylation is 2. The highest BCUT2D eigenvalue weighted by Gasteiger charge is 2.14. The molecule has 0 spiro atoms. The average Bonchev–Trinajstić information content (AvgIpc) is 2.99. The third-order valence-electron chi connectivity index (χ3n) is 4.80. The van der Waals surface area contributed by atoms with Crippen molar-refractivity contribution in [1.29, 1.82) is 0 Å². The first-order valence-electron chi connectivity index (χ1n) is 9.25. The number of amides is 1. The SMILES string of the molecule is Cc1noc(C)c1CSc1ccccc1C(=O)NCCC1=CCCCC1. The van der Waals surface area contributed by atoms with Crippen LogP contribution in [0.1, 0.15) is 59.5 Å². The van der Waals surface area contributed by atoms with Crippen molar-refractivity contribution in [3.63, 3.8) is 0 Å². The first-order chi connectivity index (χ1) is 12.6. The second-order valence-corrected chi connectivity index (χ2v) is 7.72. The van der Waals surface area contributed by atoms with Gasteiger partial charge in [0.05, 0.1) is 11.3 Å². The van der Waals surface area contributed by atoms with Gasteiger partial charge in [0.25, 0.3) is 5.91 Å². The Hall–Kier alpha value is -2.01. The van der Waals surface area contributed by atoms with E-state index in [1.165, 1.54) is 31.3 Å². The summed E-state index contributed by atoms with van der Waals surface area (Å²) < 4.78 is 5.22. The Morgan fingerprint density at radius 1 is 1.27 bits per heavy atom. The number of thioether (sulfide) groups is 1. The van der Waals surface area contributed by atoms with Crippen LogP contribution in [0.4, 0.5) is 0 Å². The minimum Gasteiger partial charge on any atom is -0.361 e. The maximum absolute atomic E-state index is 12.6. The summed E-state index contributed by atoms with van der Waals surface area (Å²) in [5.41, 5.74) is 4.24. The Bertz CT molecular complexity index is 776. The van der Waals surface area contributed by atoms with Crippen molar-refractivity contribution in [2.24, 2.45) is 0 Å². The topological polar surface area (TPSA) is 55.1 Å². The number of carbonyl (C=O) groups is 1. The fourth-order valence-corrected chi connectivity index (χ4v) is 4.40. The molecule has 1 aliphatic rings. The minimum atomic E-state index is 0.00303. The highest BCUT2D eigenvalue weighted by Crippen LogP contribution is 2.29. The molecule has 0 atom stereocenters. The van der Waals surface area contributed by atoms with Crippen LogP contribution in [0.15, 0.2) is 45.3 Å². The van der Waals surface area contributed by atoms with Gasteiger partial charge in [-0.2, -0.15) is 0 Å². The monoisotopic (exact) mass is 370 g/mol. The molecule has 1 N–H and O–H groups in total. The number of nitrogens with one attached hydrogen (secondary N) is 1. The lowest BCUT2D eigenvalue weighted by atomic mass is 9.97. The molecule has 0 bridgehead atoms. The molecule has 1 amide bonds. The molecule has 0 aliphatic heterocycles. The van der Waals surface area contributed by atoms with Crippen molar-refractivity contribution in [1.82, 2.24) is 10.5 Å². The zero-order chi connectivity index (χ0) is 18.4. The maximum atomic E-state index is 12.6. The molecule has 0 radical (unpaired) electrons. The summed E-state index contributed by atoms with van der Waals surface area (Å²) in [5, 5.41) is 7.08. The largest absolute Gasteiger partial charge is 0.361 e. The van der Waals surface area contributed by atoms with Crippen LogP contribution in [0.25, 0.3) is 0 Å². The summed E-state index contributed by atoms with van der Waals surface area (Å²) >= 11 is 1.65. The van der Waals surface area contributed by atoms with Crippen LogP contribution in [0.2, 0.25) is 0 Å². The van der Waals surface area contributed by atoms with E-state index in [2.05, 4.69) is 16.5 Å². The van der Waals surface area contributed by atoms with Gasteiger partial charge in [0.1, 0.15) is 5.76 Å². The molecule has 3 rings (SSSR count). The van der Waals surface area contributed by atoms with Gasteiger partial charge in [0.2, 0.25) is 0 Å². The fraction of sp³-hybridized carbons (Fsp3) is 0.429. The highest BCUT2D eigenvalue weighted by atomic mass is 32.2. The molecule has 26 heavy (non-hydrogen) atoms. The number of carbonyl (C=O) groups excluding carboxylic acids is 1. The third kappa shape index (κ3) is 4.79. The number of hydrogen-bond donors (Lipinski definition) is 1. The molecule has 138 valence electrons. The lowest BCUT2D eigenvalue weighted by Gasteiger charge is -2.14. The lowest BCUT2D eigenvalue weighted by Crippen LogP contribution is -2.25. The van der Waals surface area contributed by atoms with Crippen molar-refractivity contribution >= 4 is 17.7 Å². The van der Waals surface area contributed by atoms with E-state index >= 15 is 0 Å². The minimum absolute atomic E-state index is 0.00303. The van der Waals surface area contributed by atoms with E-state index in [4.69, 9.17) is 4.52 Å². The van der Waals surface area contributed by atoms with Gasteiger partial charge in [0, 0.05) is 22.8 Å². The molecule has 0 unspecified atom stereocenters. The van der Waals surface area contributed by atoms with E-state index in [-0.39, 0.29) is 5.91 Å². The molecule has 0 fully saturated rings. The van der Waals surface area contributed by atoms with Crippen molar-refractivity contribution in [2.75, 3.05) is 6.54 Å². The van der Waals surface area contributed by atoms with Crippen LogP contribution in [-0.2, 0) is 5.75 Å². The van der Waals surface area contributed by atoms with Crippen LogP contribution >= 0.6 is 11.8 Å².